The molecule has 1 aromatic carbocycles. The van der Waals surface area contributed by atoms with E-state index >= 15 is 0 Å². The lowest BCUT2D eigenvalue weighted by Crippen LogP contribution is -2.25. The molecule has 2 N–H and O–H groups in total. The number of hydrogen-bond donors (Lipinski definition) is 2. The topological polar surface area (TPSA) is 66.4 Å². The molecular weight excluding hydrogens is 233 g/mol. The SMILES string of the molecule is CCCNS(=O)(=O)c1ccc(CO)cc1F. The molecular formula is C10H14FNO3S. The Morgan fingerprint density at radius 3 is 2.62 bits per heavy atom. The molecule has 6 heteroatoms. The Hall–Kier alpha value is -0.980. The summed E-state index contributed by atoms with van der Waals surface area (Å²) >= 11 is 0. The van der Waals surface area contributed by atoms with Gasteiger partial charge in [-0.2, -0.15) is 0 Å². The van der Waals surface area contributed by atoms with Gasteiger partial charge in [-0.1, -0.05) is 13.0 Å². The maximum atomic E-state index is 13.4. The number of aliphatic hydroxyl groups excluding tert-OH is 1. The summed E-state index contributed by atoms with van der Waals surface area (Å²) < 4.78 is 38.9. The summed E-state index contributed by atoms with van der Waals surface area (Å²) in [6.45, 7) is 1.76. The smallest absolute Gasteiger partial charge is 0.243 e. The summed E-state index contributed by atoms with van der Waals surface area (Å²) in [5, 5.41) is 8.77. The number of aliphatic hydroxyl groups is 1. The zero-order chi connectivity index (χ0) is 12.2. The summed E-state index contributed by atoms with van der Waals surface area (Å²) in [6.07, 6.45) is 0.634. The zero-order valence-electron chi connectivity index (χ0n) is 8.90. The van der Waals surface area contributed by atoms with Crippen LogP contribution >= 0.6 is 0 Å². The van der Waals surface area contributed by atoms with Crippen LogP contribution in [0.3, 0.4) is 0 Å². The van der Waals surface area contributed by atoms with Crippen LogP contribution < -0.4 is 4.72 Å². The largest absolute Gasteiger partial charge is 0.392 e. The van der Waals surface area contributed by atoms with E-state index in [9.17, 15) is 12.8 Å². The van der Waals surface area contributed by atoms with Gasteiger partial charge in [-0.3, -0.25) is 0 Å². The van der Waals surface area contributed by atoms with E-state index in [0.717, 1.165) is 12.1 Å². The Labute approximate surface area is 94.2 Å². The second-order valence-corrected chi connectivity index (χ2v) is 5.06. The van der Waals surface area contributed by atoms with Gasteiger partial charge in [-0.05, 0) is 24.1 Å². The molecule has 4 nitrogen and oxygen atoms in total. The van der Waals surface area contributed by atoms with E-state index in [1.807, 2.05) is 6.92 Å². The summed E-state index contributed by atoms with van der Waals surface area (Å²) in [6, 6.07) is 3.54. The molecule has 16 heavy (non-hydrogen) atoms. The molecule has 0 saturated carbocycles. The van der Waals surface area contributed by atoms with Crippen molar-refractivity contribution in [2.24, 2.45) is 0 Å². The van der Waals surface area contributed by atoms with Crippen LogP contribution in [-0.2, 0) is 16.6 Å². The first-order valence-corrected chi connectivity index (χ1v) is 6.38. The lowest BCUT2D eigenvalue weighted by molar-refractivity contribution is 0.281. The second kappa shape index (κ2) is 5.38. The van der Waals surface area contributed by atoms with Gasteiger partial charge >= 0.3 is 0 Å². The van der Waals surface area contributed by atoms with Crippen LogP contribution in [0.4, 0.5) is 4.39 Å². The predicted octanol–water partition coefficient (Wildman–Crippen LogP) is 1.01. The number of sulfonamides is 1. The highest BCUT2D eigenvalue weighted by Crippen LogP contribution is 2.15. The van der Waals surface area contributed by atoms with Gasteiger partial charge in [0.05, 0.1) is 6.61 Å². The fourth-order valence-electron chi connectivity index (χ4n) is 1.17. The molecule has 0 spiro atoms. The average Bonchev–Trinajstić information content (AvgIpc) is 2.25. The maximum absolute atomic E-state index is 13.4. The van der Waals surface area contributed by atoms with Crippen molar-refractivity contribution in [1.29, 1.82) is 0 Å². The van der Waals surface area contributed by atoms with E-state index in [1.54, 1.807) is 0 Å². The van der Waals surface area contributed by atoms with Gasteiger partial charge < -0.3 is 5.11 Å². The fraction of sp³-hybridized carbons (Fsp3) is 0.400. The van der Waals surface area contributed by atoms with Crippen molar-refractivity contribution in [3.8, 4) is 0 Å². The molecule has 0 radical (unpaired) electrons. The quantitative estimate of drug-likeness (QED) is 0.816. The molecule has 0 bridgehead atoms. The van der Waals surface area contributed by atoms with Gasteiger partial charge in [0, 0.05) is 6.54 Å². The molecule has 1 aromatic rings. The number of benzene rings is 1. The van der Waals surface area contributed by atoms with E-state index in [0.29, 0.717) is 12.0 Å². The zero-order valence-corrected chi connectivity index (χ0v) is 9.72. The molecule has 0 aliphatic carbocycles. The molecule has 0 fully saturated rings. The van der Waals surface area contributed by atoms with Crippen molar-refractivity contribution in [2.75, 3.05) is 6.54 Å². The number of nitrogens with one attached hydrogen (secondary N) is 1. The molecule has 0 amide bonds. The van der Waals surface area contributed by atoms with Gasteiger partial charge in [-0.15, -0.1) is 0 Å². The van der Waals surface area contributed by atoms with Crippen LogP contribution in [0.5, 0.6) is 0 Å². The van der Waals surface area contributed by atoms with Crippen molar-refractivity contribution < 1.29 is 17.9 Å². The van der Waals surface area contributed by atoms with Gasteiger partial charge in [-0.25, -0.2) is 17.5 Å². The summed E-state index contributed by atoms with van der Waals surface area (Å²) in [7, 11) is -3.78. The molecule has 0 atom stereocenters. The summed E-state index contributed by atoms with van der Waals surface area (Å²) in [5.41, 5.74) is 0.340. The van der Waals surface area contributed by atoms with Crippen molar-refractivity contribution in [3.63, 3.8) is 0 Å². The molecule has 0 aliphatic rings. The first-order chi connectivity index (χ1) is 7.51. The molecule has 90 valence electrons. The third-order valence-electron chi connectivity index (χ3n) is 2.01. The molecule has 0 unspecified atom stereocenters. The lowest BCUT2D eigenvalue weighted by Gasteiger charge is -2.07. The standard InChI is InChI=1S/C10H14FNO3S/c1-2-5-12-16(14,15)10-4-3-8(7-13)6-9(10)11/h3-4,6,12-13H,2,5,7H2,1H3. The van der Waals surface area contributed by atoms with Crippen LogP contribution in [-0.4, -0.2) is 20.1 Å². The van der Waals surface area contributed by atoms with Gasteiger partial charge in [0.25, 0.3) is 0 Å². The van der Waals surface area contributed by atoms with E-state index in [-0.39, 0.29) is 13.2 Å². The van der Waals surface area contributed by atoms with E-state index in [4.69, 9.17) is 5.11 Å². The minimum atomic E-state index is -3.78. The summed E-state index contributed by atoms with van der Waals surface area (Å²) in [5.74, 6) is -0.852. The van der Waals surface area contributed by atoms with Crippen LogP contribution in [0.2, 0.25) is 0 Å². The van der Waals surface area contributed by atoms with Crippen LogP contribution in [0.1, 0.15) is 18.9 Å². The van der Waals surface area contributed by atoms with Crippen LogP contribution in [0.15, 0.2) is 23.1 Å². The summed E-state index contributed by atoms with van der Waals surface area (Å²) in [4.78, 5) is -0.391. The van der Waals surface area contributed by atoms with Gasteiger partial charge in [0.15, 0.2) is 0 Å². The lowest BCUT2D eigenvalue weighted by atomic mass is 10.2. The highest BCUT2D eigenvalue weighted by Gasteiger charge is 2.18. The van der Waals surface area contributed by atoms with E-state index in [1.165, 1.54) is 6.07 Å². The molecule has 0 aromatic heterocycles. The minimum absolute atomic E-state index is 0.267. The Balaban J connectivity index is 3.04. The molecule has 0 saturated heterocycles. The second-order valence-electron chi connectivity index (χ2n) is 3.32. The first-order valence-electron chi connectivity index (χ1n) is 4.90. The van der Waals surface area contributed by atoms with Crippen molar-refractivity contribution in [1.82, 2.24) is 4.72 Å². The number of rotatable bonds is 5. The third-order valence-corrected chi connectivity index (χ3v) is 3.50. The highest BCUT2D eigenvalue weighted by atomic mass is 32.2. The molecule has 0 heterocycles. The van der Waals surface area contributed by atoms with Crippen molar-refractivity contribution >= 4 is 10.0 Å². The van der Waals surface area contributed by atoms with E-state index < -0.39 is 20.7 Å². The molecule has 1 rings (SSSR count). The fourth-order valence-corrected chi connectivity index (χ4v) is 2.37. The number of hydrogen-bond acceptors (Lipinski definition) is 3. The minimum Gasteiger partial charge on any atom is -0.392 e. The molecule has 0 aliphatic heterocycles. The van der Waals surface area contributed by atoms with Crippen LogP contribution in [0.25, 0.3) is 0 Å². The van der Waals surface area contributed by atoms with Crippen LogP contribution in [0, 0.1) is 5.82 Å². The highest BCUT2D eigenvalue weighted by molar-refractivity contribution is 7.89. The average molecular weight is 247 g/mol. The Kier molecular flexibility index (Phi) is 4.40. The van der Waals surface area contributed by atoms with E-state index in [2.05, 4.69) is 4.72 Å². The first kappa shape index (κ1) is 13.1. The van der Waals surface area contributed by atoms with Gasteiger partial charge in [0.2, 0.25) is 10.0 Å². The monoisotopic (exact) mass is 247 g/mol. The van der Waals surface area contributed by atoms with Crippen molar-refractivity contribution in [3.05, 3.63) is 29.6 Å². The predicted molar refractivity (Wildman–Crippen MR) is 57.8 cm³/mol. The normalized spacial score (nSPS) is 11.7. The number of halogens is 1. The third kappa shape index (κ3) is 3.01. The van der Waals surface area contributed by atoms with Gasteiger partial charge in [0.1, 0.15) is 10.7 Å². The Bertz CT molecular complexity index is 459. The van der Waals surface area contributed by atoms with Crippen molar-refractivity contribution in [2.45, 2.75) is 24.8 Å². The Morgan fingerprint density at radius 1 is 1.44 bits per heavy atom. The maximum Gasteiger partial charge on any atom is 0.243 e. The Morgan fingerprint density at radius 2 is 2.12 bits per heavy atom.